The van der Waals surface area contributed by atoms with Crippen LogP contribution in [0.15, 0.2) is 58.3 Å². The van der Waals surface area contributed by atoms with Gasteiger partial charge in [0.05, 0.1) is 21.2 Å². The van der Waals surface area contributed by atoms with Crippen LogP contribution in [-0.2, 0) is 0 Å². The van der Waals surface area contributed by atoms with E-state index in [9.17, 15) is 14.9 Å². The Hall–Kier alpha value is -2.93. The van der Waals surface area contributed by atoms with E-state index in [0.717, 1.165) is 26.7 Å². The maximum atomic E-state index is 12.7. The van der Waals surface area contributed by atoms with Crippen LogP contribution >= 0.6 is 11.8 Å². The molecule has 132 valence electrons. The van der Waals surface area contributed by atoms with Gasteiger partial charge in [0.15, 0.2) is 0 Å². The largest absolute Gasteiger partial charge is 0.278 e. The Bertz CT molecular complexity index is 977. The van der Waals surface area contributed by atoms with Gasteiger partial charge in [0.25, 0.3) is 11.6 Å². The van der Waals surface area contributed by atoms with Crippen LogP contribution in [0.4, 0.5) is 5.69 Å². The van der Waals surface area contributed by atoms with Gasteiger partial charge in [0.2, 0.25) is 0 Å². The predicted octanol–water partition coefficient (Wildman–Crippen LogP) is 4.56. The third kappa shape index (κ3) is 3.52. The quantitative estimate of drug-likeness (QED) is 0.499. The van der Waals surface area contributed by atoms with Gasteiger partial charge in [-0.2, -0.15) is 9.78 Å². The lowest BCUT2D eigenvalue weighted by Gasteiger charge is -2.05. The van der Waals surface area contributed by atoms with Gasteiger partial charge in [-0.1, -0.05) is 29.5 Å². The first-order valence-electron chi connectivity index (χ1n) is 7.96. The maximum Gasteiger partial charge on any atom is 0.278 e. The van der Waals surface area contributed by atoms with Gasteiger partial charge in [0, 0.05) is 22.6 Å². The fourth-order valence-corrected chi connectivity index (χ4v) is 3.48. The highest BCUT2D eigenvalue weighted by atomic mass is 32.2. The Labute approximate surface area is 155 Å². The zero-order valence-electron chi connectivity index (χ0n) is 14.6. The minimum atomic E-state index is -0.427. The second-order valence-corrected chi connectivity index (χ2v) is 7.02. The molecular weight excluding hydrogens is 350 g/mol. The van der Waals surface area contributed by atoms with Gasteiger partial charge in [-0.3, -0.25) is 14.9 Å². The van der Waals surface area contributed by atoms with Crippen LogP contribution in [0, 0.1) is 30.9 Å². The van der Waals surface area contributed by atoms with Crippen molar-refractivity contribution in [2.75, 3.05) is 0 Å². The monoisotopic (exact) mass is 367 g/mol. The second-order valence-electron chi connectivity index (χ2n) is 5.94. The lowest BCUT2D eigenvalue weighted by molar-refractivity contribution is -0.384. The number of nitrogens with zero attached hydrogens (tertiary/aromatic N) is 3. The molecule has 0 saturated heterocycles. The van der Waals surface area contributed by atoms with Crippen LogP contribution in [0.5, 0.6) is 0 Å². The van der Waals surface area contributed by atoms with E-state index in [1.165, 1.54) is 28.6 Å². The summed E-state index contributed by atoms with van der Waals surface area (Å²) >= 11 is 1.44. The molecule has 0 atom stereocenters. The summed E-state index contributed by atoms with van der Waals surface area (Å²) in [7, 11) is 0. The van der Waals surface area contributed by atoms with E-state index in [1.807, 2.05) is 32.9 Å². The van der Waals surface area contributed by atoms with Gasteiger partial charge in [0.1, 0.15) is 0 Å². The second kappa shape index (κ2) is 7.13. The van der Waals surface area contributed by atoms with E-state index >= 15 is 0 Å². The number of nitro groups is 1. The zero-order chi connectivity index (χ0) is 18.8. The molecule has 0 unspecified atom stereocenters. The van der Waals surface area contributed by atoms with E-state index in [1.54, 1.807) is 24.3 Å². The van der Waals surface area contributed by atoms with Crippen molar-refractivity contribution < 1.29 is 9.72 Å². The first-order valence-corrected chi connectivity index (χ1v) is 8.78. The van der Waals surface area contributed by atoms with Crippen molar-refractivity contribution >= 4 is 23.4 Å². The van der Waals surface area contributed by atoms with E-state index in [-0.39, 0.29) is 11.6 Å². The minimum Gasteiger partial charge on any atom is -0.267 e. The maximum absolute atomic E-state index is 12.7. The van der Waals surface area contributed by atoms with Crippen molar-refractivity contribution in [3.8, 4) is 0 Å². The van der Waals surface area contributed by atoms with Gasteiger partial charge in [-0.25, -0.2) is 0 Å². The molecule has 0 radical (unpaired) electrons. The van der Waals surface area contributed by atoms with Crippen LogP contribution in [0.3, 0.4) is 0 Å². The minimum absolute atomic E-state index is 0.0491. The molecule has 1 aromatic heterocycles. The number of nitro benzene ring substituents is 1. The molecule has 6 nitrogen and oxygen atoms in total. The third-order valence-electron chi connectivity index (χ3n) is 3.98. The molecule has 0 bridgehead atoms. The van der Waals surface area contributed by atoms with Crippen molar-refractivity contribution in [2.45, 2.75) is 30.6 Å². The molecule has 26 heavy (non-hydrogen) atoms. The van der Waals surface area contributed by atoms with Crippen molar-refractivity contribution in [3.05, 3.63) is 81.2 Å². The average Bonchev–Trinajstić information content (AvgIpc) is 2.90. The molecule has 0 N–H and O–H groups in total. The summed E-state index contributed by atoms with van der Waals surface area (Å²) < 4.78 is 1.41. The number of carbonyl (C=O) groups excluding carboxylic acids is 1. The third-order valence-corrected chi connectivity index (χ3v) is 5.29. The first kappa shape index (κ1) is 17.9. The Morgan fingerprint density at radius 1 is 1.04 bits per heavy atom. The zero-order valence-corrected chi connectivity index (χ0v) is 15.4. The number of rotatable bonds is 4. The van der Waals surface area contributed by atoms with Crippen LogP contribution in [0.2, 0.25) is 0 Å². The van der Waals surface area contributed by atoms with E-state index < -0.39 is 4.92 Å². The van der Waals surface area contributed by atoms with Crippen LogP contribution in [-0.4, -0.2) is 20.6 Å². The first-order chi connectivity index (χ1) is 12.4. The smallest absolute Gasteiger partial charge is 0.267 e. The Balaban J connectivity index is 1.89. The van der Waals surface area contributed by atoms with E-state index in [4.69, 9.17) is 0 Å². The number of hydrogen-bond donors (Lipinski definition) is 0. The van der Waals surface area contributed by atoms with Crippen molar-refractivity contribution in [1.82, 2.24) is 9.78 Å². The lowest BCUT2D eigenvalue weighted by atomic mass is 10.1. The van der Waals surface area contributed by atoms with Crippen LogP contribution in [0.1, 0.15) is 27.3 Å². The SMILES string of the molecule is Cc1ccc(C(=O)n2nc(C)c(Sc3ccc([N+](=O)[O-])cc3)c2C)cc1. The Kier molecular flexibility index (Phi) is 4.90. The standard InChI is InChI=1S/C19H17N3O3S/c1-12-4-6-15(7-5-12)19(23)21-14(3)18(13(2)20-21)26-17-10-8-16(9-11-17)22(24)25/h4-11H,1-3H3. The fourth-order valence-electron chi connectivity index (χ4n) is 2.55. The number of non-ortho nitro benzene ring substituents is 1. The van der Waals surface area contributed by atoms with Gasteiger partial charge in [-0.15, -0.1) is 0 Å². The predicted molar refractivity (Wildman–Crippen MR) is 99.8 cm³/mol. The Morgan fingerprint density at radius 2 is 1.65 bits per heavy atom. The Morgan fingerprint density at radius 3 is 2.23 bits per heavy atom. The van der Waals surface area contributed by atoms with Gasteiger partial charge in [-0.05, 0) is 45.0 Å². The molecule has 2 aromatic carbocycles. The molecule has 0 spiro atoms. The van der Waals surface area contributed by atoms with E-state index in [2.05, 4.69) is 5.10 Å². The number of aryl methyl sites for hydroxylation is 2. The molecule has 0 fully saturated rings. The molecule has 0 aliphatic carbocycles. The lowest BCUT2D eigenvalue weighted by Crippen LogP contribution is -2.15. The number of benzene rings is 2. The van der Waals surface area contributed by atoms with Crippen LogP contribution in [0.25, 0.3) is 0 Å². The molecule has 0 aliphatic rings. The summed E-state index contributed by atoms with van der Waals surface area (Å²) in [6.45, 7) is 5.66. The summed E-state index contributed by atoms with van der Waals surface area (Å²) in [5, 5.41) is 15.1. The highest BCUT2D eigenvalue weighted by Gasteiger charge is 2.19. The highest BCUT2D eigenvalue weighted by Crippen LogP contribution is 2.33. The number of hydrogen-bond acceptors (Lipinski definition) is 5. The summed E-state index contributed by atoms with van der Waals surface area (Å²) in [6.07, 6.45) is 0. The van der Waals surface area contributed by atoms with Crippen molar-refractivity contribution in [1.29, 1.82) is 0 Å². The summed E-state index contributed by atoms with van der Waals surface area (Å²) in [5.74, 6) is -0.179. The van der Waals surface area contributed by atoms with Gasteiger partial charge < -0.3 is 0 Å². The van der Waals surface area contributed by atoms with E-state index in [0.29, 0.717) is 5.56 Å². The summed E-state index contributed by atoms with van der Waals surface area (Å²) in [6, 6.07) is 13.7. The van der Waals surface area contributed by atoms with Crippen molar-refractivity contribution in [2.24, 2.45) is 0 Å². The van der Waals surface area contributed by atoms with Crippen molar-refractivity contribution in [3.63, 3.8) is 0 Å². The average molecular weight is 367 g/mol. The molecule has 3 aromatic rings. The number of aromatic nitrogens is 2. The topological polar surface area (TPSA) is 78.0 Å². The number of carbonyl (C=O) groups is 1. The molecule has 1 heterocycles. The molecule has 7 heteroatoms. The molecule has 0 amide bonds. The fraction of sp³-hybridized carbons (Fsp3) is 0.158. The summed E-state index contributed by atoms with van der Waals surface area (Å²) in [5.41, 5.74) is 3.20. The molecule has 0 saturated carbocycles. The molecule has 0 aliphatic heterocycles. The normalized spacial score (nSPS) is 10.7. The van der Waals surface area contributed by atoms with Crippen LogP contribution < -0.4 is 0 Å². The molecule has 3 rings (SSSR count). The molecular formula is C19H17N3O3S. The highest BCUT2D eigenvalue weighted by molar-refractivity contribution is 7.99. The summed E-state index contributed by atoms with van der Waals surface area (Å²) in [4.78, 5) is 24.8. The van der Waals surface area contributed by atoms with Gasteiger partial charge >= 0.3 is 0 Å².